The molecule has 4 rings (SSSR count). The number of amides is 1. The van der Waals surface area contributed by atoms with Crippen molar-refractivity contribution in [2.45, 2.75) is 27.2 Å². The number of hydrogen-bond donors (Lipinski definition) is 1. The van der Waals surface area contributed by atoms with Crippen molar-refractivity contribution in [3.63, 3.8) is 0 Å². The number of aromatic nitrogens is 2. The van der Waals surface area contributed by atoms with E-state index in [0.29, 0.717) is 23.5 Å². The van der Waals surface area contributed by atoms with Crippen LogP contribution < -0.4 is 5.56 Å². The van der Waals surface area contributed by atoms with Crippen LogP contribution >= 0.6 is 0 Å². The number of nitrogens with one attached hydrogen (secondary N) is 1. The van der Waals surface area contributed by atoms with Crippen LogP contribution in [0, 0.1) is 6.92 Å². The van der Waals surface area contributed by atoms with Gasteiger partial charge >= 0.3 is 0 Å². The summed E-state index contributed by atoms with van der Waals surface area (Å²) in [6.07, 6.45) is 0.736. The number of nitrogens with zero attached hydrogens (tertiary/aromatic N) is 2. The Hall–Kier alpha value is -4.19. The molecule has 0 aliphatic rings. The number of para-hydroxylation sites is 1. The highest BCUT2D eigenvalue weighted by Crippen LogP contribution is 2.23. The number of Topliss-reactive ketones (excluding diaryl/α,β-unsaturated/α-hetero) is 1. The van der Waals surface area contributed by atoms with E-state index in [1.807, 2.05) is 87.5 Å². The summed E-state index contributed by atoms with van der Waals surface area (Å²) in [7, 11) is 0. The zero-order valence-corrected chi connectivity index (χ0v) is 20.2. The normalized spacial score (nSPS) is 10.8. The molecule has 0 atom stereocenters. The molecule has 4 aromatic rings. The summed E-state index contributed by atoms with van der Waals surface area (Å²) in [6, 6.07) is 24.2. The smallest absolute Gasteiger partial charge is 0.282 e. The lowest BCUT2D eigenvalue weighted by Gasteiger charge is -2.21. The van der Waals surface area contributed by atoms with Crippen LogP contribution in [0.3, 0.4) is 0 Å². The number of rotatable bonds is 8. The van der Waals surface area contributed by atoms with Crippen LogP contribution in [0.1, 0.15) is 45.7 Å². The predicted molar refractivity (Wildman–Crippen MR) is 138 cm³/mol. The molecule has 6 nitrogen and oxygen atoms in total. The van der Waals surface area contributed by atoms with Crippen molar-refractivity contribution in [2.75, 3.05) is 13.1 Å². The molecule has 0 aliphatic carbocycles. The predicted octanol–water partition coefficient (Wildman–Crippen LogP) is 5.05. The average Bonchev–Trinajstić information content (AvgIpc) is 3.24. The number of ketones is 1. The maximum absolute atomic E-state index is 13.6. The maximum Gasteiger partial charge on any atom is 0.282 e. The first kappa shape index (κ1) is 24.0. The van der Waals surface area contributed by atoms with Crippen LogP contribution in [0.4, 0.5) is 0 Å². The van der Waals surface area contributed by atoms with Gasteiger partial charge in [0, 0.05) is 17.7 Å². The van der Waals surface area contributed by atoms with Crippen molar-refractivity contribution in [3.05, 3.63) is 111 Å². The molecule has 0 spiro atoms. The lowest BCUT2D eigenvalue weighted by Crippen LogP contribution is -2.37. The van der Waals surface area contributed by atoms with Crippen molar-refractivity contribution >= 4 is 11.7 Å². The van der Waals surface area contributed by atoms with Gasteiger partial charge in [-0.05, 0) is 43.5 Å². The highest BCUT2D eigenvalue weighted by Gasteiger charge is 2.27. The van der Waals surface area contributed by atoms with Gasteiger partial charge in [-0.25, -0.2) is 4.68 Å². The van der Waals surface area contributed by atoms with Gasteiger partial charge in [-0.15, -0.1) is 0 Å². The average molecular weight is 468 g/mol. The molecule has 1 amide bonds. The van der Waals surface area contributed by atoms with Gasteiger partial charge in [-0.2, -0.15) is 0 Å². The summed E-state index contributed by atoms with van der Waals surface area (Å²) in [5, 5.41) is 3.18. The van der Waals surface area contributed by atoms with Gasteiger partial charge in [0.2, 0.25) is 0 Å². The molecule has 1 N–H and O–H groups in total. The first-order valence-corrected chi connectivity index (χ1v) is 11.8. The third kappa shape index (κ3) is 4.73. The highest BCUT2D eigenvalue weighted by molar-refractivity contribution is 6.05. The summed E-state index contributed by atoms with van der Waals surface area (Å²) in [5.74, 6) is -0.631. The molecule has 178 valence electrons. The molecule has 0 fully saturated rings. The number of H-pyrrole nitrogens is 1. The van der Waals surface area contributed by atoms with Crippen LogP contribution in [0.25, 0.3) is 16.9 Å². The van der Waals surface area contributed by atoms with Gasteiger partial charge < -0.3 is 4.90 Å². The summed E-state index contributed by atoms with van der Waals surface area (Å²) in [5.41, 5.74) is 3.90. The number of likely N-dealkylation sites (N-methyl/N-ethyl adjacent to an activating group) is 1. The molecule has 6 heteroatoms. The minimum absolute atomic E-state index is 0.0538. The fraction of sp³-hybridized carbons (Fsp3) is 0.207. The van der Waals surface area contributed by atoms with E-state index in [-0.39, 0.29) is 18.0 Å². The summed E-state index contributed by atoms with van der Waals surface area (Å²) in [6.45, 7) is 5.87. The number of hydrogen-bond acceptors (Lipinski definition) is 3. The minimum atomic E-state index is -0.422. The topological polar surface area (TPSA) is 75.2 Å². The van der Waals surface area contributed by atoms with Crippen molar-refractivity contribution in [3.8, 4) is 16.9 Å². The van der Waals surface area contributed by atoms with Gasteiger partial charge in [0.05, 0.1) is 17.9 Å². The highest BCUT2D eigenvalue weighted by atomic mass is 16.2. The second-order valence-electron chi connectivity index (χ2n) is 8.41. The fourth-order valence-electron chi connectivity index (χ4n) is 4.27. The Morgan fingerprint density at radius 2 is 1.54 bits per heavy atom. The van der Waals surface area contributed by atoms with Gasteiger partial charge in [-0.1, -0.05) is 73.7 Å². The van der Waals surface area contributed by atoms with Crippen LogP contribution in [0.5, 0.6) is 0 Å². The van der Waals surface area contributed by atoms with Gasteiger partial charge in [0.15, 0.2) is 5.78 Å². The summed E-state index contributed by atoms with van der Waals surface area (Å²) >= 11 is 0. The Morgan fingerprint density at radius 3 is 2.23 bits per heavy atom. The van der Waals surface area contributed by atoms with E-state index in [9.17, 15) is 14.4 Å². The van der Waals surface area contributed by atoms with Crippen molar-refractivity contribution in [1.29, 1.82) is 0 Å². The van der Waals surface area contributed by atoms with Crippen molar-refractivity contribution < 1.29 is 9.59 Å². The van der Waals surface area contributed by atoms with E-state index in [1.165, 1.54) is 9.58 Å². The largest absolute Gasteiger partial charge is 0.331 e. The number of aryl methyl sites for hydroxylation is 2. The third-order valence-electron chi connectivity index (χ3n) is 6.22. The Morgan fingerprint density at radius 1 is 0.886 bits per heavy atom. The molecule has 0 saturated carbocycles. The second kappa shape index (κ2) is 10.4. The van der Waals surface area contributed by atoms with Crippen molar-refractivity contribution in [1.82, 2.24) is 14.7 Å². The molecule has 0 aliphatic heterocycles. The van der Waals surface area contributed by atoms with E-state index < -0.39 is 11.3 Å². The Bertz CT molecular complexity index is 1420. The van der Waals surface area contributed by atoms with Gasteiger partial charge in [0.25, 0.3) is 11.5 Å². The zero-order chi connectivity index (χ0) is 24.9. The number of aromatic amines is 1. The van der Waals surface area contributed by atoms with Crippen LogP contribution in [-0.4, -0.2) is 39.5 Å². The third-order valence-corrected chi connectivity index (χ3v) is 6.22. The number of benzene rings is 3. The standard InChI is InChI=1S/C29H29N3O3/c1-4-21-14-10-12-18-24(21)32-29(35)26(27(30-32)22-15-7-6-8-16-22)25(33)19-31(5-2)28(34)23-17-11-9-13-20(23)3/h6-18,30H,4-5,19H2,1-3H3. The van der Waals surface area contributed by atoms with Crippen LogP contribution in [0.15, 0.2) is 83.7 Å². The van der Waals surface area contributed by atoms with E-state index in [4.69, 9.17) is 0 Å². The Kier molecular flexibility index (Phi) is 7.11. The fourth-order valence-corrected chi connectivity index (χ4v) is 4.27. The zero-order valence-electron chi connectivity index (χ0n) is 20.2. The minimum Gasteiger partial charge on any atom is -0.331 e. The lowest BCUT2D eigenvalue weighted by molar-refractivity contribution is 0.0717. The molecule has 0 saturated heterocycles. The summed E-state index contributed by atoms with van der Waals surface area (Å²) in [4.78, 5) is 41.9. The quantitative estimate of drug-likeness (QED) is 0.369. The van der Waals surface area contributed by atoms with E-state index in [2.05, 4.69) is 5.10 Å². The SMILES string of the molecule is CCc1ccccc1-n1[nH]c(-c2ccccc2)c(C(=O)CN(CC)C(=O)c2ccccc2C)c1=O. The molecule has 0 unspecified atom stereocenters. The number of carbonyl (C=O) groups is 2. The lowest BCUT2D eigenvalue weighted by atomic mass is 10.0. The van der Waals surface area contributed by atoms with Crippen LogP contribution in [-0.2, 0) is 6.42 Å². The molecule has 0 bridgehead atoms. The number of carbonyl (C=O) groups excluding carboxylic acids is 2. The van der Waals surface area contributed by atoms with E-state index in [1.54, 1.807) is 12.1 Å². The van der Waals surface area contributed by atoms with E-state index in [0.717, 1.165) is 23.1 Å². The van der Waals surface area contributed by atoms with E-state index >= 15 is 0 Å². The summed E-state index contributed by atoms with van der Waals surface area (Å²) < 4.78 is 1.44. The first-order valence-electron chi connectivity index (χ1n) is 11.8. The first-order chi connectivity index (χ1) is 17.0. The Labute approximate surface area is 204 Å². The Balaban J connectivity index is 1.78. The van der Waals surface area contributed by atoms with Crippen LogP contribution in [0.2, 0.25) is 0 Å². The van der Waals surface area contributed by atoms with Gasteiger partial charge in [-0.3, -0.25) is 19.5 Å². The van der Waals surface area contributed by atoms with Gasteiger partial charge in [0.1, 0.15) is 5.56 Å². The molecule has 0 radical (unpaired) electrons. The molecular weight excluding hydrogens is 438 g/mol. The second-order valence-corrected chi connectivity index (χ2v) is 8.41. The van der Waals surface area contributed by atoms with Crippen molar-refractivity contribution in [2.24, 2.45) is 0 Å². The molecule has 3 aromatic carbocycles. The molecule has 1 aromatic heterocycles. The molecule has 1 heterocycles. The molecular formula is C29H29N3O3. The molecule has 35 heavy (non-hydrogen) atoms. The monoisotopic (exact) mass is 467 g/mol. The maximum atomic E-state index is 13.6.